The predicted molar refractivity (Wildman–Crippen MR) is 92.6 cm³/mol. The van der Waals surface area contributed by atoms with Crippen LogP contribution in [0, 0.1) is 13.8 Å². The predicted octanol–water partition coefficient (Wildman–Crippen LogP) is 3.25. The standard InChI is InChI=1S/C19H19NO5/c1-11-5-4-6-16(12(11)2)23-9-19(22)20-15-8-18-17(24-10-25-18)7-14(15)13(3)21/h4-8H,9-10H2,1-3H3,(H,20,22). The molecule has 0 aromatic heterocycles. The first-order valence-corrected chi connectivity index (χ1v) is 7.89. The van der Waals surface area contributed by atoms with Crippen LogP contribution in [0.15, 0.2) is 30.3 Å². The van der Waals surface area contributed by atoms with Gasteiger partial charge in [0, 0.05) is 11.6 Å². The zero-order chi connectivity index (χ0) is 18.0. The van der Waals surface area contributed by atoms with Crippen LogP contribution in [0.25, 0.3) is 0 Å². The van der Waals surface area contributed by atoms with Crippen molar-refractivity contribution < 1.29 is 23.8 Å². The number of hydrogen-bond acceptors (Lipinski definition) is 5. The molecule has 130 valence electrons. The number of hydrogen-bond donors (Lipinski definition) is 1. The van der Waals surface area contributed by atoms with Crippen LogP contribution in [-0.2, 0) is 4.79 Å². The van der Waals surface area contributed by atoms with Crippen LogP contribution < -0.4 is 19.5 Å². The van der Waals surface area contributed by atoms with Crippen LogP contribution in [0.3, 0.4) is 0 Å². The van der Waals surface area contributed by atoms with Crippen molar-refractivity contribution in [3.8, 4) is 17.2 Å². The molecule has 0 radical (unpaired) electrons. The van der Waals surface area contributed by atoms with Gasteiger partial charge in [0.2, 0.25) is 6.79 Å². The third kappa shape index (κ3) is 3.57. The lowest BCUT2D eigenvalue weighted by Crippen LogP contribution is -2.21. The smallest absolute Gasteiger partial charge is 0.262 e. The molecule has 0 aliphatic carbocycles. The lowest BCUT2D eigenvalue weighted by Gasteiger charge is -2.13. The van der Waals surface area contributed by atoms with Gasteiger partial charge in [0.05, 0.1) is 5.69 Å². The lowest BCUT2D eigenvalue weighted by atomic mass is 10.1. The summed E-state index contributed by atoms with van der Waals surface area (Å²) in [5.74, 6) is 1.12. The minimum absolute atomic E-state index is 0.0970. The Morgan fingerprint density at radius 2 is 1.88 bits per heavy atom. The summed E-state index contributed by atoms with van der Waals surface area (Å²) in [4.78, 5) is 24.1. The fraction of sp³-hybridized carbons (Fsp3) is 0.263. The van der Waals surface area contributed by atoms with E-state index >= 15 is 0 Å². The van der Waals surface area contributed by atoms with Crippen molar-refractivity contribution >= 4 is 17.4 Å². The largest absolute Gasteiger partial charge is 0.483 e. The molecule has 1 heterocycles. The molecule has 0 atom stereocenters. The molecule has 25 heavy (non-hydrogen) atoms. The van der Waals surface area contributed by atoms with Gasteiger partial charge in [-0.2, -0.15) is 0 Å². The highest BCUT2D eigenvalue weighted by atomic mass is 16.7. The van der Waals surface area contributed by atoms with Gasteiger partial charge in [-0.15, -0.1) is 0 Å². The van der Waals surface area contributed by atoms with Gasteiger partial charge in [-0.25, -0.2) is 0 Å². The van der Waals surface area contributed by atoms with Gasteiger partial charge >= 0.3 is 0 Å². The van der Waals surface area contributed by atoms with Gasteiger partial charge in [-0.1, -0.05) is 12.1 Å². The second kappa shape index (κ2) is 6.84. The van der Waals surface area contributed by atoms with E-state index in [1.54, 1.807) is 12.1 Å². The van der Waals surface area contributed by atoms with E-state index in [4.69, 9.17) is 14.2 Å². The maximum atomic E-state index is 12.2. The monoisotopic (exact) mass is 341 g/mol. The minimum atomic E-state index is -0.359. The van der Waals surface area contributed by atoms with Crippen molar-refractivity contribution in [2.45, 2.75) is 20.8 Å². The van der Waals surface area contributed by atoms with Crippen molar-refractivity contribution in [2.24, 2.45) is 0 Å². The summed E-state index contributed by atoms with van der Waals surface area (Å²) in [5.41, 5.74) is 2.82. The Hall–Kier alpha value is -3.02. The van der Waals surface area contributed by atoms with Crippen LogP contribution in [0.2, 0.25) is 0 Å². The Labute approximate surface area is 145 Å². The topological polar surface area (TPSA) is 73.9 Å². The van der Waals surface area contributed by atoms with E-state index in [1.165, 1.54) is 6.92 Å². The second-order valence-corrected chi connectivity index (χ2v) is 5.84. The molecule has 2 aromatic carbocycles. The fourth-order valence-electron chi connectivity index (χ4n) is 2.55. The average Bonchev–Trinajstić information content (AvgIpc) is 3.02. The number of carbonyl (C=O) groups is 2. The van der Waals surface area contributed by atoms with Gasteiger partial charge in [0.25, 0.3) is 5.91 Å². The molecule has 6 nitrogen and oxygen atoms in total. The lowest BCUT2D eigenvalue weighted by molar-refractivity contribution is -0.118. The summed E-state index contributed by atoms with van der Waals surface area (Å²) in [6.45, 7) is 5.29. The summed E-state index contributed by atoms with van der Waals surface area (Å²) >= 11 is 0. The number of rotatable bonds is 5. The molecular weight excluding hydrogens is 322 g/mol. The molecule has 1 aliphatic rings. The van der Waals surface area contributed by atoms with Crippen LogP contribution in [-0.4, -0.2) is 25.1 Å². The van der Waals surface area contributed by atoms with Crippen LogP contribution >= 0.6 is 0 Å². The van der Waals surface area contributed by atoms with E-state index in [0.717, 1.165) is 11.1 Å². The first-order valence-electron chi connectivity index (χ1n) is 7.89. The van der Waals surface area contributed by atoms with Crippen molar-refractivity contribution in [1.29, 1.82) is 0 Å². The fourth-order valence-corrected chi connectivity index (χ4v) is 2.55. The van der Waals surface area contributed by atoms with E-state index in [2.05, 4.69) is 5.32 Å². The maximum absolute atomic E-state index is 12.2. The summed E-state index contributed by atoms with van der Waals surface area (Å²) in [6.07, 6.45) is 0. The number of ether oxygens (including phenoxy) is 3. The minimum Gasteiger partial charge on any atom is -0.483 e. The zero-order valence-corrected chi connectivity index (χ0v) is 14.3. The maximum Gasteiger partial charge on any atom is 0.262 e. The highest BCUT2D eigenvalue weighted by Crippen LogP contribution is 2.37. The van der Waals surface area contributed by atoms with Crippen LogP contribution in [0.1, 0.15) is 28.4 Å². The van der Waals surface area contributed by atoms with Crippen molar-refractivity contribution in [1.82, 2.24) is 0 Å². The van der Waals surface area contributed by atoms with Gasteiger partial charge < -0.3 is 19.5 Å². The van der Waals surface area contributed by atoms with E-state index in [9.17, 15) is 9.59 Å². The van der Waals surface area contributed by atoms with E-state index in [1.807, 2.05) is 32.0 Å². The molecule has 3 rings (SSSR count). The Kier molecular flexibility index (Phi) is 4.61. The molecule has 0 saturated carbocycles. The first kappa shape index (κ1) is 16.8. The molecule has 2 aromatic rings. The molecule has 6 heteroatoms. The highest BCUT2D eigenvalue weighted by molar-refractivity contribution is 6.04. The molecule has 1 N–H and O–H groups in total. The first-order chi connectivity index (χ1) is 12.0. The van der Waals surface area contributed by atoms with Gasteiger partial charge in [0.15, 0.2) is 23.9 Å². The summed E-state index contributed by atoms with van der Waals surface area (Å²) in [6, 6.07) is 8.84. The quantitative estimate of drug-likeness (QED) is 0.845. The molecule has 0 spiro atoms. The van der Waals surface area contributed by atoms with Gasteiger partial charge in [0.1, 0.15) is 5.75 Å². The summed E-state index contributed by atoms with van der Waals surface area (Å²) < 4.78 is 16.2. The Bertz CT molecular complexity index is 844. The van der Waals surface area contributed by atoms with Gasteiger partial charge in [-0.3, -0.25) is 9.59 Å². The van der Waals surface area contributed by atoms with E-state index < -0.39 is 0 Å². The molecular formula is C19H19NO5. The molecule has 1 amide bonds. The number of benzene rings is 2. The zero-order valence-electron chi connectivity index (χ0n) is 14.3. The van der Waals surface area contributed by atoms with E-state index in [-0.39, 0.29) is 25.1 Å². The Morgan fingerprint density at radius 3 is 2.60 bits per heavy atom. The number of carbonyl (C=O) groups excluding carboxylic acids is 2. The Balaban J connectivity index is 1.73. The molecule has 1 aliphatic heterocycles. The average molecular weight is 341 g/mol. The number of fused-ring (bicyclic) bond motifs is 1. The second-order valence-electron chi connectivity index (χ2n) is 5.84. The summed E-state index contributed by atoms with van der Waals surface area (Å²) in [7, 11) is 0. The normalized spacial score (nSPS) is 12.0. The number of Topliss-reactive ketones (excluding diaryl/α,β-unsaturated/α-hetero) is 1. The van der Waals surface area contributed by atoms with Crippen molar-refractivity contribution in [2.75, 3.05) is 18.7 Å². The number of ketones is 1. The number of nitrogens with one attached hydrogen (secondary N) is 1. The molecule has 0 bridgehead atoms. The highest BCUT2D eigenvalue weighted by Gasteiger charge is 2.20. The number of anilines is 1. The van der Waals surface area contributed by atoms with Crippen LogP contribution in [0.5, 0.6) is 17.2 Å². The Morgan fingerprint density at radius 1 is 1.16 bits per heavy atom. The molecule has 0 saturated heterocycles. The third-order valence-corrected chi connectivity index (χ3v) is 4.08. The SMILES string of the molecule is CC(=O)c1cc2c(cc1NC(=O)COc1cccc(C)c1C)OCO2. The van der Waals surface area contributed by atoms with E-state index in [0.29, 0.717) is 28.5 Å². The number of aryl methyl sites for hydroxylation is 1. The number of amides is 1. The van der Waals surface area contributed by atoms with Gasteiger partial charge in [-0.05, 0) is 44.0 Å². The van der Waals surface area contributed by atoms with Crippen molar-refractivity contribution in [3.63, 3.8) is 0 Å². The summed E-state index contributed by atoms with van der Waals surface area (Å²) in [5, 5.41) is 2.71. The van der Waals surface area contributed by atoms with Crippen LogP contribution in [0.4, 0.5) is 5.69 Å². The molecule has 0 unspecified atom stereocenters. The van der Waals surface area contributed by atoms with Crippen molar-refractivity contribution in [3.05, 3.63) is 47.0 Å². The third-order valence-electron chi connectivity index (χ3n) is 4.08. The molecule has 0 fully saturated rings.